The van der Waals surface area contributed by atoms with Gasteiger partial charge in [-0.3, -0.25) is 9.78 Å². The second kappa shape index (κ2) is 7.70. The number of aromatic nitrogens is 1. The number of methoxy groups -OCH3 is 1. The number of carbonyl (C=O) groups excluding carboxylic acids is 1. The van der Waals surface area contributed by atoms with E-state index in [0.29, 0.717) is 17.1 Å². The number of ether oxygens (including phenoxy) is 1. The zero-order chi connectivity index (χ0) is 18.5. The number of pyridine rings is 1. The van der Waals surface area contributed by atoms with Crippen LogP contribution in [-0.4, -0.2) is 18.0 Å². The van der Waals surface area contributed by atoms with Crippen LogP contribution in [0.3, 0.4) is 0 Å². The highest BCUT2D eigenvalue weighted by Crippen LogP contribution is 2.26. The van der Waals surface area contributed by atoms with Gasteiger partial charge in [-0.15, -0.1) is 0 Å². The summed E-state index contributed by atoms with van der Waals surface area (Å²) >= 11 is 0. The van der Waals surface area contributed by atoms with Crippen LogP contribution in [0.15, 0.2) is 60.8 Å². The van der Waals surface area contributed by atoms with Crippen LogP contribution in [0.5, 0.6) is 5.75 Å². The van der Waals surface area contributed by atoms with Crippen LogP contribution in [0.1, 0.15) is 21.6 Å². The monoisotopic (exact) mass is 347 g/mol. The summed E-state index contributed by atoms with van der Waals surface area (Å²) in [6.45, 7) is 3.99. The molecule has 1 amide bonds. The maximum absolute atomic E-state index is 12.6. The van der Waals surface area contributed by atoms with Crippen LogP contribution >= 0.6 is 0 Å². The average molecular weight is 347 g/mol. The molecule has 1 aromatic heterocycles. The number of hydrogen-bond donors (Lipinski definition) is 2. The molecule has 0 unspecified atom stereocenters. The molecule has 0 fully saturated rings. The Hall–Kier alpha value is -3.34. The molecule has 2 aromatic carbocycles. The lowest BCUT2D eigenvalue weighted by molar-refractivity contribution is 0.102. The molecule has 0 spiro atoms. The lowest BCUT2D eigenvalue weighted by atomic mass is 10.2. The van der Waals surface area contributed by atoms with Crippen LogP contribution < -0.4 is 15.4 Å². The third-order valence-corrected chi connectivity index (χ3v) is 3.90. The Kier molecular flexibility index (Phi) is 5.17. The normalized spacial score (nSPS) is 10.3. The van der Waals surface area contributed by atoms with E-state index < -0.39 is 0 Å². The molecule has 0 saturated carbocycles. The summed E-state index contributed by atoms with van der Waals surface area (Å²) in [7, 11) is 1.57. The zero-order valence-electron chi connectivity index (χ0n) is 15.0. The van der Waals surface area contributed by atoms with Gasteiger partial charge < -0.3 is 15.4 Å². The fourth-order valence-corrected chi connectivity index (χ4v) is 2.63. The Labute approximate surface area is 153 Å². The van der Waals surface area contributed by atoms with Crippen LogP contribution in [0.25, 0.3) is 0 Å². The summed E-state index contributed by atoms with van der Waals surface area (Å²) in [6, 6.07) is 17.2. The minimum atomic E-state index is -0.290. The van der Waals surface area contributed by atoms with Crippen molar-refractivity contribution >= 4 is 23.0 Å². The minimum absolute atomic E-state index is 0.290. The summed E-state index contributed by atoms with van der Waals surface area (Å²) in [4.78, 5) is 16.8. The van der Waals surface area contributed by atoms with Gasteiger partial charge in [0.05, 0.1) is 12.8 Å². The molecule has 5 nitrogen and oxygen atoms in total. The van der Waals surface area contributed by atoms with E-state index in [-0.39, 0.29) is 5.91 Å². The topological polar surface area (TPSA) is 63.2 Å². The fraction of sp³-hybridized carbons (Fsp3) is 0.143. The molecule has 0 saturated heterocycles. The molecule has 5 heteroatoms. The molecule has 3 rings (SSSR count). The van der Waals surface area contributed by atoms with Crippen LogP contribution in [0, 0.1) is 13.8 Å². The third-order valence-electron chi connectivity index (χ3n) is 3.90. The summed E-state index contributed by atoms with van der Waals surface area (Å²) in [6.07, 6.45) is 1.61. The Morgan fingerprint density at radius 2 is 1.73 bits per heavy atom. The number of aryl methyl sites for hydroxylation is 2. The number of carbonyl (C=O) groups is 1. The largest absolute Gasteiger partial charge is 0.495 e. The first-order valence-corrected chi connectivity index (χ1v) is 8.31. The number of nitrogens with one attached hydrogen (secondary N) is 2. The molecule has 26 heavy (non-hydrogen) atoms. The Balaban J connectivity index is 1.79. The molecule has 1 heterocycles. The number of nitrogens with zero attached hydrogens (tertiary/aromatic N) is 1. The van der Waals surface area contributed by atoms with Gasteiger partial charge in [0.2, 0.25) is 0 Å². The van der Waals surface area contributed by atoms with Crippen molar-refractivity contribution in [1.82, 2.24) is 4.98 Å². The lowest BCUT2D eigenvalue weighted by Gasteiger charge is -2.12. The van der Waals surface area contributed by atoms with Crippen LogP contribution in [0.4, 0.5) is 17.1 Å². The van der Waals surface area contributed by atoms with Gasteiger partial charge in [0.1, 0.15) is 11.4 Å². The molecule has 3 aromatic rings. The van der Waals surface area contributed by atoms with Crippen molar-refractivity contribution in [1.29, 1.82) is 0 Å². The predicted molar refractivity (Wildman–Crippen MR) is 104 cm³/mol. The van der Waals surface area contributed by atoms with Crippen molar-refractivity contribution in [2.24, 2.45) is 0 Å². The van der Waals surface area contributed by atoms with Gasteiger partial charge in [-0.2, -0.15) is 0 Å². The van der Waals surface area contributed by atoms with Crippen molar-refractivity contribution < 1.29 is 9.53 Å². The van der Waals surface area contributed by atoms with Crippen molar-refractivity contribution in [3.8, 4) is 5.75 Å². The standard InChI is InChI=1S/C21H21N3O2/c1-14-5-4-6-16(11-14)23-17-9-10-22-19(13-17)21(25)24-18-12-15(2)7-8-20(18)26-3/h4-13H,1-3H3,(H,22,23)(H,24,25). The van der Waals surface area contributed by atoms with E-state index >= 15 is 0 Å². The number of anilines is 3. The maximum Gasteiger partial charge on any atom is 0.274 e. The summed E-state index contributed by atoms with van der Waals surface area (Å²) in [5.41, 5.74) is 4.90. The third kappa shape index (κ3) is 4.19. The van der Waals surface area contributed by atoms with Gasteiger partial charge >= 0.3 is 0 Å². The zero-order valence-corrected chi connectivity index (χ0v) is 15.0. The first kappa shape index (κ1) is 17.5. The smallest absolute Gasteiger partial charge is 0.274 e. The molecule has 0 aliphatic heterocycles. The van der Waals surface area contributed by atoms with E-state index in [4.69, 9.17) is 4.74 Å². The SMILES string of the molecule is COc1ccc(C)cc1NC(=O)c1cc(Nc2cccc(C)c2)ccn1. The second-order valence-electron chi connectivity index (χ2n) is 6.08. The fourth-order valence-electron chi connectivity index (χ4n) is 2.63. The highest BCUT2D eigenvalue weighted by atomic mass is 16.5. The molecule has 0 aliphatic carbocycles. The molecule has 0 radical (unpaired) electrons. The Morgan fingerprint density at radius 3 is 2.50 bits per heavy atom. The Bertz CT molecular complexity index is 938. The first-order valence-electron chi connectivity index (χ1n) is 8.31. The number of rotatable bonds is 5. The molecule has 0 aliphatic rings. The summed E-state index contributed by atoms with van der Waals surface area (Å²) in [5.74, 6) is 0.319. The van der Waals surface area contributed by atoms with Crippen LogP contribution in [0.2, 0.25) is 0 Å². The second-order valence-corrected chi connectivity index (χ2v) is 6.08. The van der Waals surface area contributed by atoms with E-state index in [9.17, 15) is 4.79 Å². The minimum Gasteiger partial charge on any atom is -0.495 e. The molecular formula is C21H21N3O2. The molecule has 2 N–H and O–H groups in total. The first-order chi connectivity index (χ1) is 12.5. The van der Waals surface area contributed by atoms with Gasteiger partial charge in [0.25, 0.3) is 5.91 Å². The molecule has 0 atom stereocenters. The van der Waals surface area contributed by atoms with Crippen molar-refractivity contribution in [3.05, 3.63) is 77.6 Å². The molecular weight excluding hydrogens is 326 g/mol. The molecule has 0 bridgehead atoms. The number of benzene rings is 2. The van der Waals surface area contributed by atoms with E-state index in [1.165, 1.54) is 0 Å². The summed E-state index contributed by atoms with van der Waals surface area (Å²) in [5, 5.41) is 6.16. The van der Waals surface area contributed by atoms with Crippen molar-refractivity contribution in [2.75, 3.05) is 17.7 Å². The average Bonchev–Trinajstić information content (AvgIpc) is 2.62. The van der Waals surface area contributed by atoms with Crippen molar-refractivity contribution in [2.45, 2.75) is 13.8 Å². The predicted octanol–water partition coefficient (Wildman–Crippen LogP) is 4.70. The molecule has 132 valence electrons. The van der Waals surface area contributed by atoms with Gasteiger partial charge in [-0.05, 0) is 61.4 Å². The highest BCUT2D eigenvalue weighted by molar-refractivity contribution is 6.04. The number of amides is 1. The van der Waals surface area contributed by atoms with E-state index in [1.807, 2.05) is 62.4 Å². The van der Waals surface area contributed by atoms with Gasteiger partial charge in [-0.1, -0.05) is 18.2 Å². The van der Waals surface area contributed by atoms with Gasteiger partial charge in [0.15, 0.2) is 0 Å². The van der Waals surface area contributed by atoms with Crippen molar-refractivity contribution in [3.63, 3.8) is 0 Å². The summed E-state index contributed by atoms with van der Waals surface area (Å²) < 4.78 is 5.30. The number of hydrogen-bond acceptors (Lipinski definition) is 4. The highest BCUT2D eigenvalue weighted by Gasteiger charge is 2.12. The van der Waals surface area contributed by atoms with E-state index in [0.717, 1.165) is 22.5 Å². The van der Waals surface area contributed by atoms with Gasteiger partial charge in [0, 0.05) is 17.6 Å². The van der Waals surface area contributed by atoms with Crippen LogP contribution in [-0.2, 0) is 0 Å². The van der Waals surface area contributed by atoms with E-state index in [2.05, 4.69) is 15.6 Å². The maximum atomic E-state index is 12.6. The van der Waals surface area contributed by atoms with E-state index in [1.54, 1.807) is 19.4 Å². The van der Waals surface area contributed by atoms with Gasteiger partial charge in [-0.25, -0.2) is 0 Å². The lowest BCUT2D eigenvalue weighted by Crippen LogP contribution is -2.14. The Morgan fingerprint density at radius 1 is 0.962 bits per heavy atom. The quantitative estimate of drug-likeness (QED) is 0.702.